The lowest BCUT2D eigenvalue weighted by Crippen LogP contribution is -2.53. The molecule has 0 amide bonds. The molecule has 162 valence electrons. The third-order valence-electron chi connectivity index (χ3n) is 6.59. The molecule has 0 bridgehead atoms. The largest absolute Gasteiger partial charge is 0.342 e. The van der Waals surface area contributed by atoms with Crippen molar-refractivity contribution in [2.45, 2.75) is 38.1 Å². The van der Waals surface area contributed by atoms with Gasteiger partial charge in [-0.3, -0.25) is 9.13 Å². The molecule has 10 heteroatoms. The van der Waals surface area contributed by atoms with Crippen LogP contribution in [0.1, 0.15) is 38.4 Å². The molecule has 0 aliphatic carbocycles. The van der Waals surface area contributed by atoms with E-state index < -0.39 is 11.6 Å². The number of imidazole rings is 1. The summed E-state index contributed by atoms with van der Waals surface area (Å²) in [5.74, 6) is 0.393. The predicted molar refractivity (Wildman–Crippen MR) is 113 cm³/mol. The van der Waals surface area contributed by atoms with Gasteiger partial charge in [-0.15, -0.1) is 10.2 Å². The predicted octanol–water partition coefficient (Wildman–Crippen LogP) is 3.80. The summed E-state index contributed by atoms with van der Waals surface area (Å²) in [7, 11) is 0. The number of nitrogens with zero attached hydrogens (tertiary/aromatic N) is 8. The molecule has 4 aromatic rings. The van der Waals surface area contributed by atoms with Gasteiger partial charge in [0.05, 0.1) is 11.8 Å². The van der Waals surface area contributed by atoms with Gasteiger partial charge < -0.3 is 4.90 Å². The standard InChI is InChI=1S/C22H20F2N8/c1-2-22-8-3-4-10-32(22)19-16(31-13-27-29-20(22)31)12-26-21(28-19)30-11-9-25-18(30)14-6-5-7-15(23)17(14)24/h5-7,9,11-13H,2-4,8,10H2,1H3/t22-/m0/s1. The van der Waals surface area contributed by atoms with Gasteiger partial charge >= 0.3 is 0 Å². The first-order chi connectivity index (χ1) is 15.6. The Labute approximate surface area is 182 Å². The zero-order valence-electron chi connectivity index (χ0n) is 17.4. The number of piperidine rings is 1. The van der Waals surface area contributed by atoms with E-state index in [0.717, 1.165) is 55.6 Å². The van der Waals surface area contributed by atoms with E-state index in [1.54, 1.807) is 23.3 Å². The molecule has 0 spiro atoms. The van der Waals surface area contributed by atoms with Crippen LogP contribution in [0.2, 0.25) is 0 Å². The van der Waals surface area contributed by atoms with Crippen LogP contribution in [0.25, 0.3) is 23.0 Å². The molecular weight excluding hydrogens is 414 g/mol. The normalized spacial score (nSPS) is 19.4. The van der Waals surface area contributed by atoms with Crippen LogP contribution in [0.15, 0.2) is 43.1 Å². The Kier molecular flexibility index (Phi) is 4.11. The summed E-state index contributed by atoms with van der Waals surface area (Å²) in [5.41, 5.74) is 0.580. The van der Waals surface area contributed by atoms with Gasteiger partial charge in [0.15, 0.2) is 23.3 Å². The SMILES string of the molecule is CC[C@@]12CCCCN1c1nc(-n3ccnc3-c3cccc(F)c3F)ncc1-n1cnnc12. The Hall–Kier alpha value is -3.69. The van der Waals surface area contributed by atoms with Gasteiger partial charge in [0.1, 0.15) is 23.4 Å². The van der Waals surface area contributed by atoms with E-state index in [1.165, 1.54) is 18.3 Å². The Morgan fingerprint density at radius 1 is 1.12 bits per heavy atom. The summed E-state index contributed by atoms with van der Waals surface area (Å²) in [6, 6.07) is 4.03. The minimum absolute atomic E-state index is 0.0540. The van der Waals surface area contributed by atoms with Gasteiger partial charge in [0.2, 0.25) is 5.95 Å². The zero-order valence-corrected chi connectivity index (χ0v) is 17.4. The molecule has 0 N–H and O–H groups in total. The van der Waals surface area contributed by atoms with E-state index in [2.05, 4.69) is 32.0 Å². The lowest BCUT2D eigenvalue weighted by atomic mass is 9.82. The van der Waals surface area contributed by atoms with E-state index in [4.69, 9.17) is 4.98 Å². The quantitative estimate of drug-likeness (QED) is 0.488. The number of hydrogen-bond acceptors (Lipinski definition) is 6. The molecule has 5 heterocycles. The van der Waals surface area contributed by atoms with Crippen LogP contribution in [0.4, 0.5) is 14.6 Å². The van der Waals surface area contributed by atoms with Gasteiger partial charge in [-0.1, -0.05) is 13.0 Å². The molecule has 0 radical (unpaired) electrons. The van der Waals surface area contributed by atoms with E-state index in [1.807, 2.05) is 4.57 Å². The summed E-state index contributed by atoms with van der Waals surface area (Å²) in [6.45, 7) is 3.00. The number of hydrogen-bond donors (Lipinski definition) is 0. The van der Waals surface area contributed by atoms with Crippen molar-refractivity contribution >= 4 is 5.82 Å². The minimum atomic E-state index is -0.951. The first-order valence-electron chi connectivity index (χ1n) is 10.7. The summed E-state index contributed by atoms with van der Waals surface area (Å²) >= 11 is 0. The van der Waals surface area contributed by atoms with Crippen LogP contribution in [0.3, 0.4) is 0 Å². The molecular formula is C22H20F2N8. The van der Waals surface area contributed by atoms with Crippen molar-refractivity contribution in [3.63, 3.8) is 0 Å². The number of fused-ring (bicyclic) bond motifs is 6. The highest BCUT2D eigenvalue weighted by molar-refractivity contribution is 5.65. The van der Waals surface area contributed by atoms with Crippen molar-refractivity contribution in [1.82, 2.24) is 34.3 Å². The third kappa shape index (κ3) is 2.49. The highest BCUT2D eigenvalue weighted by atomic mass is 19.2. The minimum Gasteiger partial charge on any atom is -0.342 e. The molecule has 3 aromatic heterocycles. The van der Waals surface area contributed by atoms with Gasteiger partial charge in [0.25, 0.3) is 0 Å². The average molecular weight is 434 g/mol. The Balaban J connectivity index is 1.53. The van der Waals surface area contributed by atoms with Crippen LogP contribution < -0.4 is 4.90 Å². The number of benzene rings is 1. The Morgan fingerprint density at radius 2 is 2.03 bits per heavy atom. The molecule has 32 heavy (non-hydrogen) atoms. The molecule has 0 unspecified atom stereocenters. The number of aromatic nitrogens is 7. The highest BCUT2D eigenvalue weighted by Gasteiger charge is 2.48. The summed E-state index contributed by atoms with van der Waals surface area (Å²) in [6.07, 6.45) is 10.6. The summed E-state index contributed by atoms with van der Waals surface area (Å²) in [4.78, 5) is 16.0. The second-order valence-electron chi connectivity index (χ2n) is 8.12. The van der Waals surface area contributed by atoms with Gasteiger partial charge in [-0.05, 0) is 37.8 Å². The van der Waals surface area contributed by atoms with Crippen LogP contribution in [-0.2, 0) is 5.54 Å². The molecule has 2 aliphatic rings. The topological polar surface area (TPSA) is 77.5 Å². The van der Waals surface area contributed by atoms with Crippen molar-refractivity contribution in [2.24, 2.45) is 0 Å². The van der Waals surface area contributed by atoms with E-state index in [0.29, 0.717) is 5.95 Å². The van der Waals surface area contributed by atoms with Crippen molar-refractivity contribution in [1.29, 1.82) is 0 Å². The first-order valence-corrected chi connectivity index (χ1v) is 10.7. The van der Waals surface area contributed by atoms with E-state index in [9.17, 15) is 8.78 Å². The lowest BCUT2D eigenvalue weighted by Gasteiger charge is -2.49. The van der Waals surface area contributed by atoms with E-state index >= 15 is 0 Å². The lowest BCUT2D eigenvalue weighted by molar-refractivity contribution is 0.274. The summed E-state index contributed by atoms with van der Waals surface area (Å²) < 4.78 is 31.9. The number of halogens is 2. The third-order valence-corrected chi connectivity index (χ3v) is 6.59. The maximum Gasteiger partial charge on any atom is 0.237 e. The second kappa shape index (κ2) is 6.91. The van der Waals surface area contributed by atoms with Gasteiger partial charge in [-0.2, -0.15) is 4.98 Å². The van der Waals surface area contributed by atoms with Crippen LogP contribution in [0.5, 0.6) is 0 Å². The fourth-order valence-corrected chi connectivity index (χ4v) is 5.01. The molecule has 2 aliphatic heterocycles. The molecule has 6 rings (SSSR count). The second-order valence-corrected chi connectivity index (χ2v) is 8.12. The van der Waals surface area contributed by atoms with Gasteiger partial charge in [0, 0.05) is 18.9 Å². The molecule has 1 atom stereocenters. The van der Waals surface area contributed by atoms with Crippen LogP contribution >= 0.6 is 0 Å². The molecule has 0 saturated carbocycles. The molecule has 1 aromatic carbocycles. The van der Waals surface area contributed by atoms with Crippen LogP contribution in [0, 0.1) is 11.6 Å². The maximum absolute atomic E-state index is 14.5. The number of rotatable bonds is 3. The first kappa shape index (κ1) is 19.0. The van der Waals surface area contributed by atoms with Crippen molar-refractivity contribution in [2.75, 3.05) is 11.4 Å². The molecule has 8 nitrogen and oxygen atoms in total. The fraction of sp³-hybridized carbons (Fsp3) is 0.318. The molecule has 1 saturated heterocycles. The Bertz CT molecular complexity index is 1330. The fourth-order valence-electron chi connectivity index (χ4n) is 5.01. The number of anilines is 1. The maximum atomic E-state index is 14.5. The summed E-state index contributed by atoms with van der Waals surface area (Å²) in [5, 5.41) is 8.62. The zero-order chi connectivity index (χ0) is 21.9. The monoisotopic (exact) mass is 434 g/mol. The van der Waals surface area contributed by atoms with E-state index in [-0.39, 0.29) is 16.9 Å². The average Bonchev–Trinajstić information content (AvgIpc) is 3.51. The molecule has 1 fully saturated rings. The van der Waals surface area contributed by atoms with Crippen molar-refractivity contribution in [3.05, 3.63) is 60.6 Å². The van der Waals surface area contributed by atoms with Gasteiger partial charge in [-0.25, -0.2) is 18.7 Å². The Morgan fingerprint density at radius 3 is 2.91 bits per heavy atom. The van der Waals surface area contributed by atoms with Crippen LogP contribution in [-0.4, -0.2) is 40.8 Å². The van der Waals surface area contributed by atoms with Crippen molar-refractivity contribution < 1.29 is 8.78 Å². The highest BCUT2D eigenvalue weighted by Crippen LogP contribution is 2.47. The van der Waals surface area contributed by atoms with Crippen molar-refractivity contribution in [3.8, 4) is 23.0 Å². The smallest absolute Gasteiger partial charge is 0.237 e.